The highest BCUT2D eigenvalue weighted by Crippen LogP contribution is 2.35. The van der Waals surface area contributed by atoms with Gasteiger partial charge in [0.1, 0.15) is 11.5 Å². The van der Waals surface area contributed by atoms with Gasteiger partial charge in [-0.25, -0.2) is 4.79 Å². The maximum Gasteiger partial charge on any atom is 0.340 e. The Labute approximate surface area is 199 Å². The van der Waals surface area contributed by atoms with Crippen LogP contribution in [-0.4, -0.2) is 58.9 Å². The number of allylic oxidation sites excluding steroid dienone is 1. The zero-order valence-electron chi connectivity index (χ0n) is 20.3. The smallest absolute Gasteiger partial charge is 0.340 e. The number of methoxy groups -OCH3 is 5. The Hall–Kier alpha value is -3.94. The largest absolute Gasteiger partial charge is 0.497 e. The summed E-state index contributed by atoms with van der Waals surface area (Å²) in [7, 11) is 7.54. The van der Waals surface area contributed by atoms with Crippen LogP contribution in [0.15, 0.2) is 53.2 Å². The maximum atomic E-state index is 13.4. The molecule has 0 atom stereocenters. The van der Waals surface area contributed by atoms with Gasteiger partial charge in [-0.1, -0.05) is 6.07 Å². The SMILES string of the molecule is COC(=O)C1=C(C)N(CCc2ccc(OC)c(OC)c2)C(=O)C1=Cc1cc(OC)ccc1OC. The summed E-state index contributed by atoms with van der Waals surface area (Å²) >= 11 is 0. The summed E-state index contributed by atoms with van der Waals surface area (Å²) in [4.78, 5) is 27.7. The fourth-order valence-electron chi connectivity index (χ4n) is 3.88. The summed E-state index contributed by atoms with van der Waals surface area (Å²) in [5.41, 5.74) is 2.57. The Balaban J connectivity index is 1.96. The highest BCUT2D eigenvalue weighted by molar-refractivity contribution is 6.16. The molecule has 180 valence electrons. The number of amides is 1. The average Bonchev–Trinajstić information content (AvgIpc) is 3.10. The van der Waals surface area contributed by atoms with E-state index in [0.29, 0.717) is 47.2 Å². The van der Waals surface area contributed by atoms with Crippen LogP contribution < -0.4 is 18.9 Å². The fourth-order valence-corrected chi connectivity index (χ4v) is 3.88. The number of esters is 1. The molecule has 2 aromatic carbocycles. The Kier molecular flexibility index (Phi) is 7.83. The van der Waals surface area contributed by atoms with E-state index in [9.17, 15) is 9.59 Å². The van der Waals surface area contributed by atoms with Crippen LogP contribution in [0, 0.1) is 0 Å². The summed E-state index contributed by atoms with van der Waals surface area (Å²) in [6.45, 7) is 2.11. The van der Waals surface area contributed by atoms with E-state index >= 15 is 0 Å². The first-order valence-electron chi connectivity index (χ1n) is 10.6. The van der Waals surface area contributed by atoms with E-state index < -0.39 is 5.97 Å². The number of rotatable bonds is 9. The van der Waals surface area contributed by atoms with E-state index in [4.69, 9.17) is 23.7 Å². The second-order valence-corrected chi connectivity index (χ2v) is 7.51. The molecular formula is C26H29NO7. The van der Waals surface area contributed by atoms with Gasteiger partial charge in [0.2, 0.25) is 0 Å². The number of hydrogen-bond donors (Lipinski definition) is 0. The maximum absolute atomic E-state index is 13.4. The van der Waals surface area contributed by atoms with Crippen LogP contribution in [0.1, 0.15) is 18.1 Å². The lowest BCUT2D eigenvalue weighted by atomic mass is 10.0. The third-order valence-corrected chi connectivity index (χ3v) is 5.71. The molecule has 0 aromatic heterocycles. The van der Waals surface area contributed by atoms with E-state index in [1.165, 1.54) is 14.2 Å². The summed E-state index contributed by atoms with van der Waals surface area (Å²) in [6, 6.07) is 10.9. The van der Waals surface area contributed by atoms with Crippen molar-refractivity contribution in [1.82, 2.24) is 4.90 Å². The zero-order valence-corrected chi connectivity index (χ0v) is 20.3. The first-order valence-corrected chi connectivity index (χ1v) is 10.6. The Morgan fingerprint density at radius 2 is 1.56 bits per heavy atom. The normalized spacial score (nSPS) is 14.5. The third kappa shape index (κ3) is 4.85. The molecular weight excluding hydrogens is 438 g/mol. The van der Waals surface area contributed by atoms with Crippen LogP contribution in [0.5, 0.6) is 23.0 Å². The van der Waals surface area contributed by atoms with Crippen molar-refractivity contribution < 1.29 is 33.3 Å². The van der Waals surface area contributed by atoms with Crippen molar-refractivity contribution in [1.29, 1.82) is 0 Å². The molecule has 0 radical (unpaired) electrons. The van der Waals surface area contributed by atoms with Gasteiger partial charge in [0.25, 0.3) is 5.91 Å². The predicted octanol–water partition coefficient (Wildman–Crippen LogP) is 3.64. The van der Waals surface area contributed by atoms with Crippen LogP contribution in [0.3, 0.4) is 0 Å². The average molecular weight is 468 g/mol. The molecule has 34 heavy (non-hydrogen) atoms. The van der Waals surface area contributed by atoms with Crippen molar-refractivity contribution in [3.8, 4) is 23.0 Å². The van der Waals surface area contributed by atoms with Gasteiger partial charge in [-0.2, -0.15) is 0 Å². The van der Waals surface area contributed by atoms with Gasteiger partial charge in [0.05, 0.1) is 46.7 Å². The van der Waals surface area contributed by atoms with E-state index in [0.717, 1.165) is 5.56 Å². The molecule has 8 nitrogen and oxygen atoms in total. The number of nitrogens with zero attached hydrogens (tertiary/aromatic N) is 1. The van der Waals surface area contributed by atoms with Crippen molar-refractivity contribution >= 4 is 18.0 Å². The molecule has 0 unspecified atom stereocenters. The van der Waals surface area contributed by atoms with Gasteiger partial charge in [0.15, 0.2) is 11.5 Å². The standard InChI is InChI=1S/C26H29NO7/c1-16-24(26(29)34-6)20(15-18-14-19(30-2)8-10-21(18)31-3)25(28)27(16)12-11-17-7-9-22(32-4)23(13-17)33-5/h7-10,13-15H,11-12H2,1-6H3. The predicted molar refractivity (Wildman–Crippen MR) is 127 cm³/mol. The van der Waals surface area contributed by atoms with Gasteiger partial charge in [-0.15, -0.1) is 0 Å². The molecule has 0 bridgehead atoms. The lowest BCUT2D eigenvalue weighted by molar-refractivity contribution is -0.136. The number of benzene rings is 2. The molecule has 0 spiro atoms. The van der Waals surface area contributed by atoms with Gasteiger partial charge < -0.3 is 28.6 Å². The third-order valence-electron chi connectivity index (χ3n) is 5.71. The molecule has 1 heterocycles. The Morgan fingerprint density at radius 3 is 2.18 bits per heavy atom. The van der Waals surface area contributed by atoms with Gasteiger partial charge in [0, 0.05) is 17.8 Å². The highest BCUT2D eigenvalue weighted by atomic mass is 16.5. The lowest BCUT2D eigenvalue weighted by Crippen LogP contribution is -2.27. The van der Waals surface area contributed by atoms with Crippen LogP contribution in [0.2, 0.25) is 0 Å². The first-order chi connectivity index (χ1) is 16.4. The molecule has 8 heteroatoms. The molecule has 1 aliphatic heterocycles. The summed E-state index contributed by atoms with van der Waals surface area (Å²) < 4.78 is 26.4. The van der Waals surface area contributed by atoms with Gasteiger partial charge in [-0.05, 0) is 55.3 Å². The molecule has 0 saturated carbocycles. The molecule has 0 N–H and O–H groups in total. The van der Waals surface area contributed by atoms with Crippen molar-refractivity contribution in [2.45, 2.75) is 13.3 Å². The van der Waals surface area contributed by atoms with Crippen LogP contribution >= 0.6 is 0 Å². The lowest BCUT2D eigenvalue weighted by Gasteiger charge is -2.18. The Morgan fingerprint density at radius 1 is 0.882 bits per heavy atom. The van der Waals surface area contributed by atoms with Gasteiger partial charge >= 0.3 is 5.97 Å². The minimum absolute atomic E-state index is 0.227. The first kappa shape index (κ1) is 24.7. The minimum Gasteiger partial charge on any atom is -0.497 e. The number of ether oxygens (including phenoxy) is 5. The Bertz CT molecular complexity index is 1150. The molecule has 0 saturated heterocycles. The van der Waals surface area contributed by atoms with Crippen molar-refractivity contribution in [2.75, 3.05) is 42.1 Å². The van der Waals surface area contributed by atoms with Gasteiger partial charge in [-0.3, -0.25) is 4.79 Å². The fraction of sp³-hybridized carbons (Fsp3) is 0.308. The van der Waals surface area contributed by atoms with Crippen LogP contribution in [-0.2, 0) is 20.7 Å². The molecule has 0 aliphatic carbocycles. The highest BCUT2D eigenvalue weighted by Gasteiger charge is 2.37. The monoisotopic (exact) mass is 467 g/mol. The van der Waals surface area contributed by atoms with Crippen molar-refractivity contribution in [3.63, 3.8) is 0 Å². The molecule has 2 aromatic rings. The molecule has 0 fully saturated rings. The summed E-state index contributed by atoms with van der Waals surface area (Å²) in [5.74, 6) is 1.53. The molecule has 3 rings (SSSR count). The van der Waals surface area contributed by atoms with Crippen molar-refractivity contribution in [2.24, 2.45) is 0 Å². The quantitative estimate of drug-likeness (QED) is 0.411. The van der Waals surface area contributed by atoms with E-state index in [1.807, 2.05) is 18.2 Å². The topological polar surface area (TPSA) is 83.5 Å². The van der Waals surface area contributed by atoms with E-state index in [-0.39, 0.29) is 17.1 Å². The molecule has 1 aliphatic rings. The zero-order chi connectivity index (χ0) is 24.8. The summed E-state index contributed by atoms with van der Waals surface area (Å²) in [6.07, 6.45) is 2.18. The van der Waals surface area contributed by atoms with Crippen molar-refractivity contribution in [3.05, 3.63) is 64.4 Å². The second-order valence-electron chi connectivity index (χ2n) is 7.51. The van der Waals surface area contributed by atoms with Crippen LogP contribution in [0.4, 0.5) is 0 Å². The molecule has 1 amide bonds. The minimum atomic E-state index is -0.576. The second kappa shape index (κ2) is 10.8. The number of hydrogen-bond acceptors (Lipinski definition) is 7. The number of carbonyl (C=O) groups excluding carboxylic acids is 2. The van der Waals surface area contributed by atoms with Crippen LogP contribution in [0.25, 0.3) is 6.08 Å². The number of carbonyl (C=O) groups is 2. The summed E-state index contributed by atoms with van der Waals surface area (Å²) in [5, 5.41) is 0. The van der Waals surface area contributed by atoms with E-state index in [2.05, 4.69) is 0 Å². The van der Waals surface area contributed by atoms with E-state index in [1.54, 1.807) is 57.4 Å².